The number of halogens is 2. The molecule has 2 aliphatic heterocycles. The Morgan fingerprint density at radius 3 is 3.04 bits per heavy atom. The predicted molar refractivity (Wildman–Crippen MR) is 108 cm³/mol. The molecule has 4 nitrogen and oxygen atoms in total. The van der Waals surface area contributed by atoms with Crippen LogP contribution in [0.3, 0.4) is 0 Å². The quantitative estimate of drug-likeness (QED) is 0.615. The first-order valence-corrected chi connectivity index (χ1v) is 10.3. The maximum absolute atomic E-state index is 14.1. The van der Waals surface area contributed by atoms with Crippen LogP contribution in [0.25, 0.3) is 21.3 Å². The molecule has 0 spiro atoms. The number of hydrogen-bond acceptors (Lipinski definition) is 5. The smallest absolute Gasteiger partial charge is 0.181 e. The second kappa shape index (κ2) is 6.62. The lowest BCUT2D eigenvalue weighted by molar-refractivity contribution is 0.108. The van der Waals surface area contributed by atoms with Crippen molar-refractivity contribution in [3.8, 4) is 16.9 Å². The number of anilines is 1. The minimum Gasteiger partial charge on any atom is -0.492 e. The summed E-state index contributed by atoms with van der Waals surface area (Å²) in [6.07, 6.45) is 3.66. The predicted octanol–water partition coefficient (Wildman–Crippen LogP) is 5.08. The minimum absolute atomic E-state index is 0.318. The third kappa shape index (κ3) is 2.96. The molecule has 7 heteroatoms. The number of aromatic nitrogens is 1. The first-order chi connectivity index (χ1) is 13.1. The summed E-state index contributed by atoms with van der Waals surface area (Å²) in [5.41, 5.74) is 9.04. The van der Waals surface area contributed by atoms with Gasteiger partial charge in [0.05, 0.1) is 10.2 Å². The summed E-state index contributed by atoms with van der Waals surface area (Å²) < 4.78 is 20.8. The standard InChI is InChI=1S/C20H19ClFN3OS/c21-15-7-11-9-25-6-2-1-3-12(25)10-26-17(11)8-14(15)13-4-5-16(22)19-18(13)24-20(23)27-19/h4-5,7-8,12H,1-3,6,9-10H2,(H2,23,24)/t12-/m1/s1. The maximum atomic E-state index is 14.1. The van der Waals surface area contributed by atoms with Crippen molar-refractivity contribution in [1.29, 1.82) is 0 Å². The molecule has 140 valence electrons. The van der Waals surface area contributed by atoms with Crippen LogP contribution < -0.4 is 10.5 Å². The number of nitrogens with zero attached hydrogens (tertiary/aromatic N) is 2. The zero-order valence-corrected chi connectivity index (χ0v) is 16.2. The van der Waals surface area contributed by atoms with Crippen molar-refractivity contribution in [3.63, 3.8) is 0 Å². The molecule has 3 heterocycles. The summed E-state index contributed by atoms with van der Waals surface area (Å²) >= 11 is 7.80. The maximum Gasteiger partial charge on any atom is 0.181 e. The normalized spacial score (nSPS) is 20.0. The van der Waals surface area contributed by atoms with E-state index >= 15 is 0 Å². The van der Waals surface area contributed by atoms with Gasteiger partial charge < -0.3 is 10.5 Å². The number of ether oxygens (including phenoxy) is 1. The minimum atomic E-state index is -0.318. The summed E-state index contributed by atoms with van der Waals surface area (Å²) in [4.78, 5) is 6.82. The lowest BCUT2D eigenvalue weighted by Crippen LogP contribution is -2.40. The fourth-order valence-electron chi connectivity index (χ4n) is 4.13. The summed E-state index contributed by atoms with van der Waals surface area (Å²) in [6, 6.07) is 7.57. The molecule has 5 rings (SSSR count). The van der Waals surface area contributed by atoms with E-state index in [0.717, 1.165) is 46.9 Å². The van der Waals surface area contributed by atoms with E-state index in [1.54, 1.807) is 6.07 Å². The highest BCUT2D eigenvalue weighted by molar-refractivity contribution is 7.22. The van der Waals surface area contributed by atoms with Crippen molar-refractivity contribution in [2.24, 2.45) is 0 Å². The zero-order valence-electron chi connectivity index (χ0n) is 14.7. The molecule has 2 aliphatic rings. The molecular formula is C20H19ClFN3OS. The molecule has 0 saturated carbocycles. The van der Waals surface area contributed by atoms with Crippen LogP contribution in [-0.4, -0.2) is 29.1 Å². The van der Waals surface area contributed by atoms with Crippen molar-refractivity contribution in [3.05, 3.63) is 40.7 Å². The number of rotatable bonds is 1. The molecule has 0 bridgehead atoms. The highest BCUT2D eigenvalue weighted by Gasteiger charge is 2.28. The van der Waals surface area contributed by atoms with Gasteiger partial charge >= 0.3 is 0 Å². The van der Waals surface area contributed by atoms with Gasteiger partial charge in [-0.15, -0.1) is 0 Å². The number of nitrogen functional groups attached to an aromatic ring is 1. The van der Waals surface area contributed by atoms with Gasteiger partial charge in [0.1, 0.15) is 18.2 Å². The van der Waals surface area contributed by atoms with Gasteiger partial charge in [-0.25, -0.2) is 9.37 Å². The highest BCUT2D eigenvalue weighted by atomic mass is 35.5. The number of hydrogen-bond donors (Lipinski definition) is 1. The van der Waals surface area contributed by atoms with Crippen LogP contribution in [0.4, 0.5) is 9.52 Å². The first-order valence-electron chi connectivity index (χ1n) is 9.14. The van der Waals surface area contributed by atoms with Gasteiger partial charge in [0.25, 0.3) is 0 Å². The number of nitrogens with two attached hydrogens (primary N) is 1. The van der Waals surface area contributed by atoms with Crippen molar-refractivity contribution in [2.45, 2.75) is 31.8 Å². The third-order valence-corrected chi connectivity index (χ3v) is 6.71. The SMILES string of the molecule is Nc1nc2c(-c3cc4c(cc3Cl)CN3CCCC[C@@H]3CO4)ccc(F)c2s1. The Balaban J connectivity index is 1.62. The van der Waals surface area contributed by atoms with Crippen molar-refractivity contribution in [1.82, 2.24) is 9.88 Å². The lowest BCUT2D eigenvalue weighted by atomic mass is 10.00. The van der Waals surface area contributed by atoms with Crippen LogP contribution >= 0.6 is 22.9 Å². The first kappa shape index (κ1) is 17.2. The largest absolute Gasteiger partial charge is 0.492 e. The Kier molecular flexibility index (Phi) is 4.22. The Bertz CT molecular complexity index is 1040. The van der Waals surface area contributed by atoms with Crippen LogP contribution in [0.1, 0.15) is 24.8 Å². The number of piperidine rings is 1. The Hall–Kier alpha value is -1.89. The molecule has 0 unspecified atom stereocenters. The van der Waals surface area contributed by atoms with E-state index in [4.69, 9.17) is 22.1 Å². The average molecular weight is 404 g/mol. The highest BCUT2D eigenvalue weighted by Crippen LogP contribution is 2.41. The molecule has 1 aromatic heterocycles. The van der Waals surface area contributed by atoms with E-state index in [-0.39, 0.29) is 5.82 Å². The third-order valence-electron chi connectivity index (χ3n) is 5.51. The van der Waals surface area contributed by atoms with E-state index in [9.17, 15) is 4.39 Å². The molecular weight excluding hydrogens is 385 g/mol. The van der Waals surface area contributed by atoms with E-state index in [1.165, 1.54) is 25.3 Å². The molecule has 0 radical (unpaired) electrons. The number of benzene rings is 2. The summed E-state index contributed by atoms with van der Waals surface area (Å²) in [5, 5.41) is 0.961. The van der Waals surface area contributed by atoms with Gasteiger partial charge in [-0.2, -0.15) is 0 Å². The summed E-state index contributed by atoms with van der Waals surface area (Å²) in [5.74, 6) is 0.534. The summed E-state index contributed by atoms with van der Waals surface area (Å²) in [7, 11) is 0. The van der Waals surface area contributed by atoms with Crippen molar-refractivity contribution in [2.75, 3.05) is 18.9 Å². The van der Waals surface area contributed by atoms with E-state index in [0.29, 0.717) is 33.0 Å². The monoisotopic (exact) mass is 403 g/mol. The fraction of sp³-hybridized carbons (Fsp3) is 0.350. The van der Waals surface area contributed by atoms with E-state index in [1.807, 2.05) is 12.1 Å². The topological polar surface area (TPSA) is 51.4 Å². The van der Waals surface area contributed by atoms with Crippen LogP contribution in [0.5, 0.6) is 5.75 Å². The van der Waals surface area contributed by atoms with Crippen LogP contribution in [0, 0.1) is 5.82 Å². The van der Waals surface area contributed by atoms with Crippen molar-refractivity contribution >= 4 is 38.3 Å². The molecule has 1 atom stereocenters. The van der Waals surface area contributed by atoms with Crippen LogP contribution in [0.2, 0.25) is 5.02 Å². The zero-order chi connectivity index (χ0) is 18.5. The lowest BCUT2D eigenvalue weighted by Gasteiger charge is -2.33. The summed E-state index contributed by atoms with van der Waals surface area (Å²) in [6.45, 7) is 2.64. The van der Waals surface area contributed by atoms with Crippen LogP contribution in [-0.2, 0) is 6.54 Å². The van der Waals surface area contributed by atoms with Crippen molar-refractivity contribution < 1.29 is 9.13 Å². The fourth-order valence-corrected chi connectivity index (χ4v) is 5.18. The Morgan fingerprint density at radius 2 is 2.15 bits per heavy atom. The molecule has 1 saturated heterocycles. The second-order valence-electron chi connectivity index (χ2n) is 7.20. The number of fused-ring (bicyclic) bond motifs is 3. The molecule has 3 aromatic rings. The van der Waals surface area contributed by atoms with E-state index in [2.05, 4.69) is 9.88 Å². The number of thiazole rings is 1. The van der Waals surface area contributed by atoms with Gasteiger partial charge in [-0.05, 0) is 43.7 Å². The van der Waals surface area contributed by atoms with Gasteiger partial charge in [-0.1, -0.05) is 29.4 Å². The molecule has 2 N–H and O–H groups in total. The van der Waals surface area contributed by atoms with Crippen LogP contribution in [0.15, 0.2) is 24.3 Å². The Morgan fingerprint density at radius 1 is 1.26 bits per heavy atom. The average Bonchev–Trinajstić information content (AvgIpc) is 2.96. The molecule has 0 amide bonds. The molecule has 2 aromatic carbocycles. The Labute approximate surface area is 165 Å². The van der Waals surface area contributed by atoms with Gasteiger partial charge in [0.15, 0.2) is 5.13 Å². The molecule has 1 fully saturated rings. The van der Waals surface area contributed by atoms with E-state index < -0.39 is 0 Å². The van der Waals surface area contributed by atoms with Gasteiger partial charge in [-0.3, -0.25) is 4.90 Å². The van der Waals surface area contributed by atoms with Gasteiger partial charge in [0.2, 0.25) is 0 Å². The molecule has 0 aliphatic carbocycles. The molecule has 27 heavy (non-hydrogen) atoms. The van der Waals surface area contributed by atoms with Gasteiger partial charge in [0, 0.05) is 34.3 Å². The second-order valence-corrected chi connectivity index (χ2v) is 8.63.